The number of nitrogens with zero attached hydrogens (tertiary/aromatic N) is 4. The van der Waals surface area contributed by atoms with Gasteiger partial charge in [-0.3, -0.25) is 0 Å². The normalized spacial score (nSPS) is 22.3. The maximum Gasteiger partial charge on any atom is 0.343 e. The number of aryl methyl sites for hydroxylation is 1. The molecule has 0 spiro atoms. The molecule has 7 heteroatoms. The lowest BCUT2D eigenvalue weighted by Gasteiger charge is -2.48. The van der Waals surface area contributed by atoms with Gasteiger partial charge in [0.05, 0.1) is 18.2 Å². The van der Waals surface area contributed by atoms with Crippen LogP contribution in [0.2, 0.25) is 0 Å². The first-order chi connectivity index (χ1) is 25.9. The Morgan fingerprint density at radius 2 is 1.27 bits per heavy atom. The fourth-order valence-corrected chi connectivity index (χ4v) is 9.48. The van der Waals surface area contributed by atoms with Gasteiger partial charge < -0.3 is 19.0 Å². The van der Waals surface area contributed by atoms with Crippen molar-refractivity contribution >= 4 is 34.5 Å². The van der Waals surface area contributed by atoms with Crippen LogP contribution < -0.4 is 15.4 Å². The predicted molar refractivity (Wildman–Crippen MR) is 223 cm³/mol. The minimum atomic E-state index is -0.400. The molecule has 8 rings (SSSR count). The van der Waals surface area contributed by atoms with Gasteiger partial charge in [0, 0.05) is 48.5 Å². The first-order valence-electron chi connectivity index (χ1n) is 19.8. The van der Waals surface area contributed by atoms with Crippen molar-refractivity contribution < 1.29 is 9.15 Å². The molecule has 0 bridgehead atoms. The van der Waals surface area contributed by atoms with Crippen LogP contribution in [0, 0.1) is 24.8 Å². The van der Waals surface area contributed by atoms with Gasteiger partial charge in [0.2, 0.25) is 0 Å². The molecule has 3 aromatic rings. The highest BCUT2D eigenvalue weighted by molar-refractivity contribution is 5.94. The number of hydrogen-bond donors (Lipinski definition) is 0. The van der Waals surface area contributed by atoms with Crippen molar-refractivity contribution in [2.24, 2.45) is 0 Å². The monoisotopic (exact) mass is 732 g/mol. The summed E-state index contributed by atoms with van der Waals surface area (Å²) in [6, 6.07) is 8.92. The summed E-state index contributed by atoms with van der Waals surface area (Å²) >= 11 is 0. The van der Waals surface area contributed by atoms with Crippen molar-refractivity contribution in [3.63, 3.8) is 0 Å². The summed E-state index contributed by atoms with van der Waals surface area (Å²) in [6.45, 7) is 32.4. The van der Waals surface area contributed by atoms with Crippen molar-refractivity contribution in [2.75, 3.05) is 36.0 Å². The second kappa shape index (κ2) is 12.6. The second-order valence-electron chi connectivity index (χ2n) is 18.8. The average Bonchev–Trinajstić information content (AvgIpc) is 3.12. The highest BCUT2D eigenvalue weighted by Gasteiger charge is 2.43. The first kappa shape index (κ1) is 36.7. The van der Waals surface area contributed by atoms with E-state index in [9.17, 15) is 10.1 Å². The van der Waals surface area contributed by atoms with Gasteiger partial charge in [0.25, 0.3) is 5.70 Å². The lowest BCUT2D eigenvalue weighted by atomic mass is 9.69. The molecule has 0 N–H and O–H groups in total. The highest BCUT2D eigenvalue weighted by Crippen LogP contribution is 2.53. The zero-order chi connectivity index (χ0) is 39.2. The van der Waals surface area contributed by atoms with E-state index in [1.807, 2.05) is 19.1 Å². The van der Waals surface area contributed by atoms with Gasteiger partial charge in [0.1, 0.15) is 17.1 Å². The van der Waals surface area contributed by atoms with Crippen LogP contribution >= 0.6 is 0 Å². The zero-order valence-electron chi connectivity index (χ0n) is 33.9. The molecule has 0 amide bonds. The van der Waals surface area contributed by atoms with Crippen LogP contribution in [-0.2, 0) is 26.4 Å². The molecule has 0 radical (unpaired) electrons. The predicted octanol–water partition coefficient (Wildman–Crippen LogP) is 10.7. The Bertz CT molecular complexity index is 2420. The summed E-state index contributed by atoms with van der Waals surface area (Å²) in [4.78, 5) is 22.4. The van der Waals surface area contributed by atoms with Gasteiger partial charge in [-0.1, -0.05) is 61.5 Å². The highest BCUT2D eigenvalue weighted by atomic mass is 16.5. The van der Waals surface area contributed by atoms with Crippen molar-refractivity contribution in [3.8, 4) is 6.07 Å². The van der Waals surface area contributed by atoms with Gasteiger partial charge in [-0.05, 0) is 136 Å². The van der Waals surface area contributed by atoms with Gasteiger partial charge in [-0.15, -0.1) is 0 Å². The molecule has 0 saturated carbocycles. The average molecular weight is 733 g/mol. The van der Waals surface area contributed by atoms with Crippen LogP contribution in [0.3, 0.4) is 0 Å². The molecule has 2 aromatic carbocycles. The number of nitriles is 1. The topological polar surface area (TPSA) is 74.1 Å². The fraction of sp³-hybridized carbons (Fsp3) is 0.438. The van der Waals surface area contributed by atoms with Crippen molar-refractivity contribution in [1.82, 2.24) is 0 Å². The molecule has 0 atom stereocenters. The quantitative estimate of drug-likeness (QED) is 0.151. The van der Waals surface area contributed by atoms with Crippen molar-refractivity contribution in [3.05, 3.63) is 126 Å². The summed E-state index contributed by atoms with van der Waals surface area (Å²) < 4.78 is 12.7. The second-order valence-corrected chi connectivity index (χ2v) is 18.8. The van der Waals surface area contributed by atoms with Crippen LogP contribution in [0.4, 0.5) is 11.4 Å². The third-order valence-corrected chi connectivity index (χ3v) is 13.3. The molecule has 5 aliphatic rings. The molecule has 0 aliphatic carbocycles. The Labute approximate surface area is 325 Å². The number of ether oxygens (including phenoxy) is 1. The number of fused-ring (bicyclic) bond motifs is 2. The summed E-state index contributed by atoms with van der Waals surface area (Å²) in [5, 5.41) is 10.8. The third kappa shape index (κ3) is 6.04. The van der Waals surface area contributed by atoms with E-state index < -0.39 is 5.63 Å². The maximum atomic E-state index is 13.9. The van der Waals surface area contributed by atoms with E-state index in [4.69, 9.17) is 15.7 Å². The zero-order valence-corrected chi connectivity index (χ0v) is 33.9. The smallest absolute Gasteiger partial charge is 0.343 e. The van der Waals surface area contributed by atoms with E-state index in [0.717, 1.165) is 73.9 Å². The number of allylic oxidation sites excluding steroid dienone is 6. The van der Waals surface area contributed by atoms with Crippen LogP contribution in [0.5, 0.6) is 0 Å². The van der Waals surface area contributed by atoms with E-state index in [-0.39, 0.29) is 27.4 Å². The number of anilines is 2. The van der Waals surface area contributed by atoms with E-state index in [1.165, 1.54) is 28.1 Å². The molecule has 5 aliphatic heterocycles. The van der Waals surface area contributed by atoms with Gasteiger partial charge >= 0.3 is 5.63 Å². The van der Waals surface area contributed by atoms with Crippen LogP contribution in [-0.4, -0.2) is 26.2 Å². The lowest BCUT2D eigenvalue weighted by molar-refractivity contribution is 0.332. The number of benzene rings is 2. The molecule has 0 saturated heterocycles. The van der Waals surface area contributed by atoms with Gasteiger partial charge in [0.15, 0.2) is 0 Å². The van der Waals surface area contributed by atoms with Gasteiger partial charge in [-0.2, -0.15) is 0 Å². The largest absolute Gasteiger partial charge is 0.457 e. The van der Waals surface area contributed by atoms with Crippen molar-refractivity contribution in [2.45, 2.75) is 110 Å². The Morgan fingerprint density at radius 3 is 1.82 bits per heavy atom. The standard InChI is InChI=1S/C48H52N4O3/c1-29-34(44(53)55-43-35(29)27-38-42-40(43)48(8,9)18-22-52(42)21-17-47(38,6)7)14-13-33-26-31(39(28-49)50-10)25-32(54-33)12-11-30-23-36-41-37(24-30)46(4,5)16-20-51(41)19-15-45(36,2)3/h11-14,23-27H,15-22H2,1-9H3/b12-11+,14-13+,39-31+. The lowest BCUT2D eigenvalue weighted by Crippen LogP contribution is -2.44. The van der Waals surface area contributed by atoms with Crippen LogP contribution in [0.15, 0.2) is 74.5 Å². The summed E-state index contributed by atoms with van der Waals surface area (Å²) in [5.41, 5.74) is 10.9. The van der Waals surface area contributed by atoms with Crippen LogP contribution in [0.25, 0.3) is 28.0 Å². The van der Waals surface area contributed by atoms with Crippen molar-refractivity contribution in [1.29, 1.82) is 5.26 Å². The Hall–Kier alpha value is -5.27. The summed E-state index contributed by atoms with van der Waals surface area (Å²) in [7, 11) is 0. The van der Waals surface area contributed by atoms with Gasteiger partial charge in [-0.25, -0.2) is 14.9 Å². The molecule has 7 nitrogen and oxygen atoms in total. The molecule has 0 fully saturated rings. The fourth-order valence-electron chi connectivity index (χ4n) is 9.48. The number of rotatable bonds is 4. The molecule has 1 aromatic heterocycles. The van der Waals surface area contributed by atoms with E-state index >= 15 is 0 Å². The molecular weight excluding hydrogens is 681 g/mol. The molecule has 55 heavy (non-hydrogen) atoms. The minimum Gasteiger partial charge on any atom is -0.457 e. The molecule has 282 valence electrons. The SMILES string of the molecule is [C-]#[N+]/C(C#N)=C1C=C(/C=C/c2cc3c4c(c2)C(C)(C)CCN4CCC3(C)C)OC(/C=C/c2c(C)c3cc4c5c(c3oc2=O)C(C)(C)CCN5CCC4(C)C)=C\1. The third-order valence-electron chi connectivity index (χ3n) is 13.3. The first-order valence-corrected chi connectivity index (χ1v) is 19.8. The van der Waals surface area contributed by atoms with E-state index in [0.29, 0.717) is 28.2 Å². The van der Waals surface area contributed by atoms with E-state index in [2.05, 4.69) is 94.3 Å². The summed E-state index contributed by atoms with van der Waals surface area (Å²) in [5.74, 6) is 0.923. The Balaban J connectivity index is 1.17. The van der Waals surface area contributed by atoms with Crippen LogP contribution in [0.1, 0.15) is 120 Å². The molecular formula is C48H52N4O3. The molecule has 6 heterocycles. The Kier molecular flexibility index (Phi) is 8.43. The number of hydrogen-bond acceptors (Lipinski definition) is 6. The summed E-state index contributed by atoms with van der Waals surface area (Å²) in [6.07, 6.45) is 15.2. The maximum absolute atomic E-state index is 13.9. The molecule has 0 unspecified atom stereocenters. The minimum absolute atomic E-state index is 0.00915. The Morgan fingerprint density at radius 1 is 0.764 bits per heavy atom. The van der Waals surface area contributed by atoms with E-state index in [1.54, 1.807) is 24.3 Å².